The van der Waals surface area contributed by atoms with Crippen LogP contribution in [-0.4, -0.2) is 5.25 Å². The van der Waals surface area contributed by atoms with E-state index in [0.29, 0.717) is 17.2 Å². The van der Waals surface area contributed by atoms with Crippen molar-refractivity contribution in [2.75, 3.05) is 4.72 Å². The number of nitrogens with zero attached hydrogens (tertiary/aromatic N) is 1. The van der Waals surface area contributed by atoms with Gasteiger partial charge in [0, 0.05) is 17.2 Å². The maximum absolute atomic E-state index is 9.40. The number of benzene rings is 2. The molecular weight excluding hydrogens is 372 g/mol. The Bertz CT molecular complexity index is 904. The van der Waals surface area contributed by atoms with Crippen molar-refractivity contribution in [3.05, 3.63) is 64.2 Å². The van der Waals surface area contributed by atoms with Crippen LogP contribution in [0, 0.1) is 32.1 Å². The highest BCUT2D eigenvalue weighted by atomic mass is 32.2. The molecule has 0 bridgehead atoms. The first-order valence-electron chi connectivity index (χ1n) is 10.5. The van der Waals surface area contributed by atoms with Crippen molar-refractivity contribution < 1.29 is 0 Å². The molecule has 1 unspecified atom stereocenters. The number of allylic oxidation sites excluding steroid dienone is 1. The third-order valence-electron chi connectivity index (χ3n) is 5.58. The predicted octanol–water partition coefficient (Wildman–Crippen LogP) is 7.71. The van der Waals surface area contributed by atoms with Gasteiger partial charge < -0.3 is 4.72 Å². The summed E-state index contributed by atoms with van der Waals surface area (Å²) in [6.07, 6.45) is 3.84. The van der Waals surface area contributed by atoms with E-state index in [-0.39, 0.29) is 0 Å². The summed E-state index contributed by atoms with van der Waals surface area (Å²) < 4.78 is 3.68. The van der Waals surface area contributed by atoms with Crippen LogP contribution >= 0.6 is 11.9 Å². The zero-order valence-corrected chi connectivity index (χ0v) is 19.6. The lowest BCUT2D eigenvalue weighted by Crippen LogP contribution is -2.09. The van der Waals surface area contributed by atoms with Crippen LogP contribution in [0.5, 0.6) is 0 Å². The Balaban J connectivity index is 2.75. The molecule has 154 valence electrons. The number of hydrogen-bond acceptors (Lipinski definition) is 3. The van der Waals surface area contributed by atoms with Crippen molar-refractivity contribution >= 4 is 17.6 Å². The van der Waals surface area contributed by atoms with Gasteiger partial charge in [-0.15, -0.1) is 0 Å². The first-order valence-corrected chi connectivity index (χ1v) is 11.4. The van der Waals surface area contributed by atoms with Crippen LogP contribution in [0.4, 0.5) is 5.69 Å². The topological polar surface area (TPSA) is 35.8 Å². The molecule has 0 saturated heterocycles. The molecular formula is C26H34N2S. The molecule has 0 spiro atoms. The van der Waals surface area contributed by atoms with Gasteiger partial charge in [0.2, 0.25) is 0 Å². The van der Waals surface area contributed by atoms with Crippen molar-refractivity contribution in [3.63, 3.8) is 0 Å². The minimum Gasteiger partial charge on any atom is -0.329 e. The maximum Gasteiger partial charge on any atom is 0.0944 e. The molecule has 2 rings (SSSR count). The summed E-state index contributed by atoms with van der Waals surface area (Å²) in [4.78, 5) is 0. The highest BCUT2D eigenvalue weighted by Gasteiger charge is 2.21. The van der Waals surface area contributed by atoms with Crippen LogP contribution in [0.2, 0.25) is 0 Å². The zero-order valence-electron chi connectivity index (χ0n) is 18.8. The summed E-state index contributed by atoms with van der Waals surface area (Å²) in [7, 11) is 0. The molecule has 0 amide bonds. The Morgan fingerprint density at radius 1 is 1.10 bits per heavy atom. The standard InChI is InChI=1S/C26H34N2S/c1-8-10-23-20(6)25(22-13-11-17(3)12-14-22)24(15-18(4)16-27)21(7)26(23)28-29-19(5)9-2/h11-14,19,28H,4,8-10,15H2,1-3,5-7H3. The third-order valence-corrected chi connectivity index (χ3v) is 6.64. The molecule has 0 aliphatic rings. The van der Waals surface area contributed by atoms with E-state index in [9.17, 15) is 5.26 Å². The number of rotatable bonds is 9. The van der Waals surface area contributed by atoms with E-state index in [1.165, 1.54) is 44.6 Å². The van der Waals surface area contributed by atoms with Crippen molar-refractivity contribution in [2.24, 2.45) is 0 Å². The molecule has 0 saturated carbocycles. The number of aryl methyl sites for hydroxylation is 1. The molecule has 29 heavy (non-hydrogen) atoms. The Morgan fingerprint density at radius 2 is 1.76 bits per heavy atom. The van der Waals surface area contributed by atoms with Gasteiger partial charge in [-0.2, -0.15) is 5.26 Å². The highest BCUT2D eigenvalue weighted by Crippen LogP contribution is 2.40. The maximum atomic E-state index is 9.40. The SMILES string of the molecule is C=C(C#N)Cc1c(C)c(NSC(C)CC)c(CCC)c(C)c1-c1ccc(C)cc1. The number of nitrogens with one attached hydrogen (secondary N) is 1. The fourth-order valence-electron chi connectivity index (χ4n) is 3.66. The molecule has 2 aromatic carbocycles. The van der Waals surface area contributed by atoms with Gasteiger partial charge in [0.15, 0.2) is 0 Å². The summed E-state index contributed by atoms with van der Waals surface area (Å²) >= 11 is 1.79. The number of nitriles is 1. The second-order valence-corrected chi connectivity index (χ2v) is 9.15. The predicted molar refractivity (Wildman–Crippen MR) is 130 cm³/mol. The summed E-state index contributed by atoms with van der Waals surface area (Å²) in [5.74, 6) is 0. The minimum absolute atomic E-state index is 0.540. The van der Waals surface area contributed by atoms with Gasteiger partial charge >= 0.3 is 0 Å². The molecule has 0 heterocycles. The summed E-state index contributed by atoms with van der Waals surface area (Å²) in [6.45, 7) is 17.2. The minimum atomic E-state index is 0.540. The van der Waals surface area contributed by atoms with Gasteiger partial charge in [0.1, 0.15) is 0 Å². The van der Waals surface area contributed by atoms with E-state index in [0.717, 1.165) is 19.3 Å². The number of hydrogen-bond donors (Lipinski definition) is 1. The largest absolute Gasteiger partial charge is 0.329 e. The Labute approximate surface area is 181 Å². The molecule has 0 fully saturated rings. The van der Waals surface area contributed by atoms with Crippen LogP contribution in [0.1, 0.15) is 61.4 Å². The highest BCUT2D eigenvalue weighted by molar-refractivity contribution is 8.01. The molecule has 0 radical (unpaired) electrons. The second kappa shape index (κ2) is 10.6. The Hall–Kier alpha value is -2.18. The van der Waals surface area contributed by atoms with Crippen LogP contribution in [-0.2, 0) is 12.8 Å². The lowest BCUT2D eigenvalue weighted by molar-refractivity contribution is 0.904. The van der Waals surface area contributed by atoms with Gasteiger partial charge in [-0.25, -0.2) is 0 Å². The Kier molecular flexibility index (Phi) is 8.41. The summed E-state index contributed by atoms with van der Waals surface area (Å²) in [5, 5.41) is 9.94. The molecule has 1 atom stereocenters. The fraction of sp³-hybridized carbons (Fsp3) is 0.423. The van der Waals surface area contributed by atoms with E-state index < -0.39 is 0 Å². The average molecular weight is 407 g/mol. The van der Waals surface area contributed by atoms with Crippen molar-refractivity contribution in [1.82, 2.24) is 0 Å². The second-order valence-electron chi connectivity index (χ2n) is 7.90. The monoisotopic (exact) mass is 406 g/mol. The van der Waals surface area contributed by atoms with Crippen LogP contribution < -0.4 is 4.72 Å². The van der Waals surface area contributed by atoms with Crippen LogP contribution in [0.15, 0.2) is 36.4 Å². The van der Waals surface area contributed by atoms with Gasteiger partial charge in [-0.05, 0) is 78.9 Å². The molecule has 0 aliphatic heterocycles. The van der Waals surface area contributed by atoms with Crippen LogP contribution in [0.3, 0.4) is 0 Å². The first-order chi connectivity index (χ1) is 13.8. The van der Waals surface area contributed by atoms with E-state index in [2.05, 4.69) is 83.2 Å². The van der Waals surface area contributed by atoms with Gasteiger partial charge in [0.05, 0.1) is 11.8 Å². The molecule has 1 N–H and O–H groups in total. The van der Waals surface area contributed by atoms with Gasteiger partial charge in [-0.1, -0.05) is 63.6 Å². The molecule has 0 aliphatic carbocycles. The average Bonchev–Trinajstić information content (AvgIpc) is 2.72. The van der Waals surface area contributed by atoms with Gasteiger partial charge in [-0.3, -0.25) is 0 Å². The molecule has 0 aromatic heterocycles. The third kappa shape index (κ3) is 5.46. The summed E-state index contributed by atoms with van der Waals surface area (Å²) in [5.41, 5.74) is 10.7. The molecule has 2 nitrogen and oxygen atoms in total. The molecule has 2 aromatic rings. The van der Waals surface area contributed by atoms with Crippen molar-refractivity contribution in [3.8, 4) is 17.2 Å². The first kappa shape index (κ1) is 23.1. The van der Waals surface area contributed by atoms with E-state index in [4.69, 9.17) is 0 Å². The quantitative estimate of drug-likeness (QED) is 0.342. The smallest absolute Gasteiger partial charge is 0.0944 e. The van der Waals surface area contributed by atoms with Crippen LogP contribution in [0.25, 0.3) is 11.1 Å². The van der Waals surface area contributed by atoms with E-state index >= 15 is 0 Å². The summed E-state index contributed by atoms with van der Waals surface area (Å²) in [6, 6.07) is 11.0. The van der Waals surface area contributed by atoms with E-state index in [1.807, 2.05) is 0 Å². The lowest BCUT2D eigenvalue weighted by atomic mass is 9.83. The van der Waals surface area contributed by atoms with E-state index in [1.54, 1.807) is 11.9 Å². The molecule has 3 heteroatoms. The Morgan fingerprint density at radius 3 is 2.31 bits per heavy atom. The van der Waals surface area contributed by atoms with Gasteiger partial charge in [0.25, 0.3) is 0 Å². The lowest BCUT2D eigenvalue weighted by Gasteiger charge is -2.25. The fourth-order valence-corrected chi connectivity index (χ4v) is 4.42. The zero-order chi connectivity index (χ0) is 21.6. The number of anilines is 1. The normalized spacial score (nSPS) is 11.8. The van der Waals surface area contributed by atoms with Crippen molar-refractivity contribution in [1.29, 1.82) is 5.26 Å². The van der Waals surface area contributed by atoms with Crippen molar-refractivity contribution in [2.45, 2.75) is 72.5 Å².